The molecule has 0 N–H and O–H groups in total. The van der Waals surface area contributed by atoms with Crippen molar-refractivity contribution in [3.05, 3.63) is 0 Å². The molecule has 0 spiro atoms. The molecule has 0 aromatic carbocycles. The lowest BCUT2D eigenvalue weighted by atomic mass is 9.80. The van der Waals surface area contributed by atoms with E-state index in [2.05, 4.69) is 70.3 Å². The molecule has 3 nitrogen and oxygen atoms in total. The predicted molar refractivity (Wildman–Crippen MR) is 65.3 cm³/mol. The first-order valence-electron chi connectivity index (χ1n) is 5.31. The Morgan fingerprint density at radius 1 is 0.929 bits per heavy atom. The molecule has 0 atom stereocenters. The average molecular weight is 199 g/mol. The van der Waals surface area contributed by atoms with E-state index in [9.17, 15) is 0 Å². The van der Waals surface area contributed by atoms with Crippen LogP contribution in [0.15, 0.2) is 0 Å². The van der Waals surface area contributed by atoms with Crippen LogP contribution in [0.1, 0.15) is 27.7 Å². The SMILES string of the molecule is CCN(B(N(C)C)N(C)C)C(C)(C)C. The number of nitrogens with zero attached hydrogens (tertiary/aromatic N) is 3. The predicted octanol–water partition coefficient (Wildman–Crippen LogP) is 1.21. The molecule has 0 amide bonds. The van der Waals surface area contributed by atoms with E-state index in [0.29, 0.717) is 7.12 Å². The zero-order valence-corrected chi connectivity index (χ0v) is 11.1. The summed E-state index contributed by atoms with van der Waals surface area (Å²) in [4.78, 5) is 6.97. The maximum atomic E-state index is 2.48. The Morgan fingerprint density at radius 3 is 1.36 bits per heavy atom. The van der Waals surface area contributed by atoms with E-state index in [1.807, 2.05) is 0 Å². The molecule has 4 heteroatoms. The average Bonchev–Trinajstić information content (AvgIpc) is 1.95. The third-order valence-electron chi connectivity index (χ3n) is 2.40. The van der Waals surface area contributed by atoms with E-state index in [1.165, 1.54) is 0 Å². The molecule has 0 unspecified atom stereocenters. The summed E-state index contributed by atoms with van der Waals surface area (Å²) in [5.41, 5.74) is 0.202. The smallest absolute Gasteiger partial charge is 0.319 e. The van der Waals surface area contributed by atoms with Gasteiger partial charge in [0.05, 0.1) is 0 Å². The molecule has 0 bridgehead atoms. The second kappa shape index (κ2) is 5.15. The van der Waals surface area contributed by atoms with Gasteiger partial charge in [0.2, 0.25) is 0 Å². The molecule has 0 aliphatic rings. The molecule has 84 valence electrons. The van der Waals surface area contributed by atoms with Crippen LogP contribution in [0.25, 0.3) is 0 Å². The fourth-order valence-corrected chi connectivity index (χ4v) is 2.00. The van der Waals surface area contributed by atoms with Crippen LogP contribution >= 0.6 is 0 Å². The maximum Gasteiger partial charge on any atom is 0.402 e. The molecular formula is C10H26BN3. The Balaban J connectivity index is 4.77. The summed E-state index contributed by atoms with van der Waals surface area (Å²) < 4.78 is 0. The van der Waals surface area contributed by atoms with Crippen molar-refractivity contribution in [1.29, 1.82) is 0 Å². The van der Waals surface area contributed by atoms with Crippen molar-refractivity contribution in [2.75, 3.05) is 34.7 Å². The Hall–Kier alpha value is -0.0551. The van der Waals surface area contributed by atoms with E-state index >= 15 is 0 Å². The molecule has 0 aromatic heterocycles. The fraction of sp³-hybridized carbons (Fsp3) is 1.00. The van der Waals surface area contributed by atoms with Gasteiger partial charge in [-0.15, -0.1) is 0 Å². The second-order valence-electron chi connectivity index (χ2n) is 5.23. The summed E-state index contributed by atoms with van der Waals surface area (Å²) >= 11 is 0. The van der Waals surface area contributed by atoms with Gasteiger partial charge in [0.15, 0.2) is 0 Å². The first-order valence-corrected chi connectivity index (χ1v) is 5.31. The van der Waals surface area contributed by atoms with Crippen LogP contribution in [0, 0.1) is 0 Å². The highest BCUT2D eigenvalue weighted by Crippen LogP contribution is 2.16. The molecule has 0 heterocycles. The van der Waals surface area contributed by atoms with Gasteiger partial charge in [0, 0.05) is 5.54 Å². The zero-order valence-electron chi connectivity index (χ0n) is 11.1. The monoisotopic (exact) mass is 199 g/mol. The summed E-state index contributed by atoms with van der Waals surface area (Å²) in [7, 11) is 8.86. The van der Waals surface area contributed by atoms with Crippen LogP contribution in [0.4, 0.5) is 0 Å². The summed E-state index contributed by atoms with van der Waals surface area (Å²) in [5.74, 6) is 0. The van der Waals surface area contributed by atoms with Gasteiger partial charge in [-0.3, -0.25) is 0 Å². The lowest BCUT2D eigenvalue weighted by Crippen LogP contribution is -2.63. The van der Waals surface area contributed by atoms with Crippen LogP contribution in [0.2, 0.25) is 0 Å². The largest absolute Gasteiger partial charge is 0.402 e. The Bertz CT molecular complexity index is 155. The van der Waals surface area contributed by atoms with Crippen LogP contribution in [0.3, 0.4) is 0 Å². The summed E-state index contributed by atoms with van der Waals surface area (Å²) in [6, 6.07) is 0. The van der Waals surface area contributed by atoms with Gasteiger partial charge >= 0.3 is 7.12 Å². The maximum absolute atomic E-state index is 2.48. The molecule has 0 radical (unpaired) electrons. The molecule has 14 heavy (non-hydrogen) atoms. The summed E-state index contributed by atoms with van der Waals surface area (Å²) in [6.45, 7) is 10.1. The van der Waals surface area contributed by atoms with Crippen molar-refractivity contribution in [1.82, 2.24) is 14.4 Å². The van der Waals surface area contributed by atoms with Crippen LogP contribution < -0.4 is 0 Å². The minimum absolute atomic E-state index is 0.202. The van der Waals surface area contributed by atoms with Crippen molar-refractivity contribution in [3.63, 3.8) is 0 Å². The summed E-state index contributed by atoms with van der Waals surface area (Å²) in [5, 5.41) is 0. The van der Waals surface area contributed by atoms with Crippen molar-refractivity contribution in [2.24, 2.45) is 0 Å². The highest BCUT2D eigenvalue weighted by atomic mass is 15.3. The van der Waals surface area contributed by atoms with E-state index in [1.54, 1.807) is 0 Å². The van der Waals surface area contributed by atoms with Crippen LogP contribution in [0.5, 0.6) is 0 Å². The summed E-state index contributed by atoms with van der Waals surface area (Å²) in [6.07, 6.45) is 0. The number of rotatable bonds is 4. The minimum atomic E-state index is 0.202. The number of hydrogen-bond acceptors (Lipinski definition) is 3. The highest BCUT2D eigenvalue weighted by Gasteiger charge is 2.35. The van der Waals surface area contributed by atoms with E-state index < -0.39 is 0 Å². The molecule has 0 saturated heterocycles. The van der Waals surface area contributed by atoms with E-state index in [0.717, 1.165) is 6.54 Å². The van der Waals surface area contributed by atoms with Crippen LogP contribution in [-0.4, -0.2) is 61.8 Å². The van der Waals surface area contributed by atoms with Gasteiger partial charge in [0.1, 0.15) is 0 Å². The van der Waals surface area contributed by atoms with Crippen molar-refractivity contribution in [3.8, 4) is 0 Å². The first-order chi connectivity index (χ1) is 6.21. The third-order valence-corrected chi connectivity index (χ3v) is 2.40. The van der Waals surface area contributed by atoms with Gasteiger partial charge in [0.25, 0.3) is 0 Å². The normalized spacial score (nSPS) is 13.1. The van der Waals surface area contributed by atoms with Gasteiger partial charge in [-0.1, -0.05) is 6.92 Å². The minimum Gasteiger partial charge on any atom is -0.319 e. The quantitative estimate of drug-likeness (QED) is 0.630. The molecule has 0 rings (SSSR count). The van der Waals surface area contributed by atoms with Gasteiger partial charge in [-0.05, 0) is 55.5 Å². The third kappa shape index (κ3) is 3.60. The lowest BCUT2D eigenvalue weighted by molar-refractivity contribution is 0.217. The van der Waals surface area contributed by atoms with Gasteiger partial charge in [-0.25, -0.2) is 0 Å². The van der Waals surface area contributed by atoms with Crippen molar-refractivity contribution >= 4 is 7.12 Å². The van der Waals surface area contributed by atoms with E-state index in [-0.39, 0.29) is 5.54 Å². The lowest BCUT2D eigenvalue weighted by Gasteiger charge is -2.43. The zero-order chi connectivity index (χ0) is 11.5. The molecular weight excluding hydrogens is 173 g/mol. The molecule has 0 aliphatic carbocycles. The highest BCUT2D eigenvalue weighted by molar-refractivity contribution is 6.49. The van der Waals surface area contributed by atoms with Crippen molar-refractivity contribution in [2.45, 2.75) is 33.2 Å². The number of hydrogen-bond donors (Lipinski definition) is 0. The first kappa shape index (κ1) is 13.9. The Kier molecular flexibility index (Phi) is 5.13. The molecule has 0 fully saturated rings. The topological polar surface area (TPSA) is 9.72 Å². The Morgan fingerprint density at radius 2 is 1.29 bits per heavy atom. The van der Waals surface area contributed by atoms with E-state index in [4.69, 9.17) is 0 Å². The fourth-order valence-electron chi connectivity index (χ4n) is 2.00. The van der Waals surface area contributed by atoms with Gasteiger partial charge < -0.3 is 14.4 Å². The Labute approximate surface area is 90.2 Å². The van der Waals surface area contributed by atoms with Crippen LogP contribution in [-0.2, 0) is 0 Å². The molecule has 0 saturated carbocycles. The molecule has 0 aliphatic heterocycles. The molecule has 0 aromatic rings. The standard InChI is InChI=1S/C10H26BN3/c1-9-14(10(2,3)4)11(12(5)6)13(7)8/h9H2,1-8H3. The van der Waals surface area contributed by atoms with Crippen molar-refractivity contribution < 1.29 is 0 Å². The van der Waals surface area contributed by atoms with Gasteiger partial charge in [-0.2, -0.15) is 0 Å². The second-order valence-corrected chi connectivity index (χ2v) is 5.23.